The van der Waals surface area contributed by atoms with Crippen LogP contribution in [0.25, 0.3) is 11.1 Å². The zero-order valence-electron chi connectivity index (χ0n) is 11.4. The molecule has 0 spiro atoms. The van der Waals surface area contributed by atoms with Gasteiger partial charge in [-0.1, -0.05) is 36.4 Å². The standard InChI is InChI=1S/C17H18N2/c1-14-13-16(15-7-4-3-5-8-15)9-10-17(14)19-12-6-11-18(19)2/h3-11,13H,12H2,1-2H3. The van der Waals surface area contributed by atoms with Gasteiger partial charge in [-0.05, 0) is 41.8 Å². The van der Waals surface area contributed by atoms with Gasteiger partial charge in [-0.15, -0.1) is 0 Å². The average Bonchev–Trinajstić information content (AvgIpc) is 2.86. The third-order valence-corrected chi connectivity index (χ3v) is 3.56. The molecule has 0 aromatic heterocycles. The van der Waals surface area contributed by atoms with Gasteiger partial charge >= 0.3 is 0 Å². The van der Waals surface area contributed by atoms with Gasteiger partial charge in [-0.25, -0.2) is 0 Å². The molecule has 1 heterocycles. The van der Waals surface area contributed by atoms with Crippen LogP contribution in [0.1, 0.15) is 5.56 Å². The first-order valence-electron chi connectivity index (χ1n) is 6.59. The molecule has 0 saturated carbocycles. The molecule has 0 aliphatic carbocycles. The van der Waals surface area contributed by atoms with Crippen molar-refractivity contribution in [2.24, 2.45) is 0 Å². The Kier molecular flexibility index (Phi) is 3.00. The molecule has 0 saturated heterocycles. The largest absolute Gasteiger partial charge is 0.296 e. The number of hydrogen-bond acceptors (Lipinski definition) is 2. The molecule has 2 heteroatoms. The normalized spacial score (nSPS) is 14.2. The van der Waals surface area contributed by atoms with Crippen LogP contribution in [0.3, 0.4) is 0 Å². The summed E-state index contributed by atoms with van der Waals surface area (Å²) in [6.45, 7) is 3.12. The topological polar surface area (TPSA) is 6.48 Å². The number of aryl methyl sites for hydroxylation is 1. The second kappa shape index (κ2) is 4.81. The molecule has 0 radical (unpaired) electrons. The highest BCUT2D eigenvalue weighted by Crippen LogP contribution is 2.28. The van der Waals surface area contributed by atoms with Crippen LogP contribution in [0.15, 0.2) is 60.8 Å². The van der Waals surface area contributed by atoms with Crippen LogP contribution in [0, 0.1) is 6.92 Å². The zero-order valence-corrected chi connectivity index (χ0v) is 11.4. The lowest BCUT2D eigenvalue weighted by Gasteiger charge is -2.29. The van der Waals surface area contributed by atoms with Crippen molar-refractivity contribution in [2.45, 2.75) is 6.92 Å². The smallest absolute Gasteiger partial charge is 0.0607 e. The van der Waals surface area contributed by atoms with E-state index in [0.717, 1.165) is 6.54 Å². The van der Waals surface area contributed by atoms with Gasteiger partial charge in [0.2, 0.25) is 0 Å². The van der Waals surface area contributed by atoms with E-state index in [1.165, 1.54) is 22.4 Å². The Morgan fingerprint density at radius 3 is 2.37 bits per heavy atom. The number of anilines is 1. The fourth-order valence-electron chi connectivity index (χ4n) is 2.53. The summed E-state index contributed by atoms with van der Waals surface area (Å²) in [5.41, 5.74) is 5.12. The zero-order chi connectivity index (χ0) is 13.2. The molecule has 1 aliphatic rings. The van der Waals surface area contributed by atoms with Gasteiger partial charge in [0.25, 0.3) is 0 Å². The van der Waals surface area contributed by atoms with E-state index in [9.17, 15) is 0 Å². The van der Waals surface area contributed by atoms with Crippen LogP contribution < -0.4 is 5.01 Å². The predicted molar refractivity (Wildman–Crippen MR) is 80.9 cm³/mol. The SMILES string of the molecule is Cc1cc(-c2ccccc2)ccc1N1CC=CN1C. The molecule has 0 atom stereocenters. The molecular weight excluding hydrogens is 232 g/mol. The lowest BCUT2D eigenvalue weighted by Crippen LogP contribution is -2.32. The minimum Gasteiger partial charge on any atom is -0.296 e. The second-order valence-electron chi connectivity index (χ2n) is 4.91. The van der Waals surface area contributed by atoms with Gasteiger partial charge in [0.05, 0.1) is 12.2 Å². The summed E-state index contributed by atoms with van der Waals surface area (Å²) in [5, 5.41) is 4.40. The molecule has 19 heavy (non-hydrogen) atoms. The summed E-state index contributed by atoms with van der Waals surface area (Å²) in [5.74, 6) is 0. The van der Waals surface area contributed by atoms with Crippen LogP contribution >= 0.6 is 0 Å². The van der Waals surface area contributed by atoms with Crippen molar-refractivity contribution in [1.82, 2.24) is 5.01 Å². The summed E-state index contributed by atoms with van der Waals surface area (Å²) in [6.07, 6.45) is 4.27. The van der Waals surface area contributed by atoms with Crippen molar-refractivity contribution in [1.29, 1.82) is 0 Å². The highest BCUT2D eigenvalue weighted by atomic mass is 15.6. The minimum atomic E-state index is 0.946. The monoisotopic (exact) mass is 250 g/mol. The number of hydrazine groups is 1. The Labute approximate surface area is 114 Å². The molecule has 0 N–H and O–H groups in total. The average molecular weight is 250 g/mol. The van der Waals surface area contributed by atoms with E-state index in [-0.39, 0.29) is 0 Å². The van der Waals surface area contributed by atoms with E-state index in [2.05, 4.69) is 84.8 Å². The Balaban J connectivity index is 1.95. The third kappa shape index (κ3) is 2.22. The summed E-state index contributed by atoms with van der Waals surface area (Å²) in [6, 6.07) is 17.2. The van der Waals surface area contributed by atoms with Gasteiger partial charge in [0.15, 0.2) is 0 Å². The predicted octanol–water partition coefficient (Wildman–Crippen LogP) is 3.84. The highest BCUT2D eigenvalue weighted by Gasteiger charge is 2.15. The Morgan fingerprint density at radius 2 is 1.74 bits per heavy atom. The van der Waals surface area contributed by atoms with Gasteiger partial charge in [0.1, 0.15) is 0 Å². The third-order valence-electron chi connectivity index (χ3n) is 3.56. The van der Waals surface area contributed by atoms with Gasteiger partial charge in [-0.2, -0.15) is 0 Å². The first-order chi connectivity index (χ1) is 9.25. The second-order valence-corrected chi connectivity index (χ2v) is 4.91. The first-order valence-corrected chi connectivity index (χ1v) is 6.59. The molecule has 0 unspecified atom stereocenters. The minimum absolute atomic E-state index is 0.946. The lowest BCUT2D eigenvalue weighted by atomic mass is 10.0. The summed E-state index contributed by atoms with van der Waals surface area (Å²) in [4.78, 5) is 0. The maximum atomic E-state index is 2.27. The van der Waals surface area contributed by atoms with Crippen LogP contribution in [0.4, 0.5) is 5.69 Å². The number of rotatable bonds is 2. The molecule has 0 amide bonds. The maximum Gasteiger partial charge on any atom is 0.0607 e. The summed E-state index contributed by atoms with van der Waals surface area (Å²) < 4.78 is 0. The molecule has 3 rings (SSSR count). The summed E-state index contributed by atoms with van der Waals surface area (Å²) in [7, 11) is 2.08. The van der Waals surface area contributed by atoms with Crippen molar-refractivity contribution in [3.63, 3.8) is 0 Å². The van der Waals surface area contributed by atoms with E-state index in [1.54, 1.807) is 0 Å². The molecule has 2 aromatic rings. The fourth-order valence-corrected chi connectivity index (χ4v) is 2.53. The molecule has 0 bridgehead atoms. The van der Waals surface area contributed by atoms with Crippen molar-refractivity contribution in [3.8, 4) is 11.1 Å². The Bertz CT molecular complexity index is 602. The van der Waals surface area contributed by atoms with Crippen molar-refractivity contribution in [3.05, 3.63) is 66.4 Å². The summed E-state index contributed by atoms with van der Waals surface area (Å²) >= 11 is 0. The number of hydrogen-bond donors (Lipinski definition) is 0. The first kappa shape index (κ1) is 11.8. The number of benzene rings is 2. The van der Waals surface area contributed by atoms with E-state index in [0.29, 0.717) is 0 Å². The maximum absolute atomic E-state index is 2.27. The van der Waals surface area contributed by atoms with Gasteiger partial charge in [0, 0.05) is 13.2 Å². The van der Waals surface area contributed by atoms with Crippen LogP contribution in [-0.4, -0.2) is 18.6 Å². The van der Waals surface area contributed by atoms with Crippen LogP contribution in [-0.2, 0) is 0 Å². The Hall–Kier alpha value is -2.22. The van der Waals surface area contributed by atoms with Crippen LogP contribution in [0.2, 0.25) is 0 Å². The van der Waals surface area contributed by atoms with Gasteiger partial charge in [-0.3, -0.25) is 10.0 Å². The molecule has 96 valence electrons. The van der Waals surface area contributed by atoms with Crippen LogP contribution in [0.5, 0.6) is 0 Å². The Morgan fingerprint density at radius 1 is 0.947 bits per heavy atom. The fraction of sp³-hybridized carbons (Fsp3) is 0.176. The lowest BCUT2D eigenvalue weighted by molar-refractivity contribution is 0.454. The van der Waals surface area contributed by atoms with Crippen molar-refractivity contribution < 1.29 is 0 Å². The van der Waals surface area contributed by atoms with Crippen molar-refractivity contribution >= 4 is 5.69 Å². The quantitative estimate of drug-likeness (QED) is 0.799. The van der Waals surface area contributed by atoms with Gasteiger partial charge < -0.3 is 0 Å². The molecule has 1 aliphatic heterocycles. The molecule has 2 aromatic carbocycles. The van der Waals surface area contributed by atoms with E-state index < -0.39 is 0 Å². The van der Waals surface area contributed by atoms with Crippen molar-refractivity contribution in [2.75, 3.05) is 18.6 Å². The van der Waals surface area contributed by atoms with E-state index >= 15 is 0 Å². The van der Waals surface area contributed by atoms with E-state index in [4.69, 9.17) is 0 Å². The highest BCUT2D eigenvalue weighted by molar-refractivity contribution is 5.69. The number of nitrogens with zero attached hydrogens (tertiary/aromatic N) is 2. The molecule has 0 fully saturated rings. The van der Waals surface area contributed by atoms with E-state index in [1.807, 2.05) is 0 Å². The molecular formula is C17H18N2. The molecule has 2 nitrogen and oxygen atoms in total.